The quantitative estimate of drug-likeness (QED) is 0.388. The first-order chi connectivity index (χ1) is 9.56. The number of esters is 1. The summed E-state index contributed by atoms with van der Waals surface area (Å²) in [5.74, 6) is -0.0757. The van der Waals surface area contributed by atoms with Gasteiger partial charge >= 0.3 is 5.97 Å². The number of benzene rings is 2. The Kier molecular flexibility index (Phi) is 3.06. The molecular formula is C15H9BrO4. The van der Waals surface area contributed by atoms with Crippen LogP contribution in [0.4, 0.5) is 0 Å². The fourth-order valence-electron chi connectivity index (χ4n) is 2.05. The molecule has 0 aliphatic rings. The molecule has 0 aliphatic heterocycles. The first-order valence-electron chi connectivity index (χ1n) is 5.90. The molecule has 0 saturated heterocycles. The van der Waals surface area contributed by atoms with Crippen molar-refractivity contribution in [3.8, 4) is 5.75 Å². The second-order valence-corrected chi connectivity index (χ2v) is 5.15. The van der Waals surface area contributed by atoms with Crippen LogP contribution in [-0.4, -0.2) is 5.97 Å². The maximum absolute atomic E-state index is 12.4. The Labute approximate surface area is 122 Å². The molecule has 5 heteroatoms. The van der Waals surface area contributed by atoms with Crippen LogP contribution in [0.2, 0.25) is 0 Å². The molecule has 100 valence electrons. The molecule has 3 aromatic rings. The molecule has 3 rings (SSSR count). The molecule has 0 saturated carbocycles. The zero-order valence-electron chi connectivity index (χ0n) is 10.5. The first kappa shape index (κ1) is 12.9. The van der Waals surface area contributed by atoms with E-state index in [0.717, 1.165) is 0 Å². The van der Waals surface area contributed by atoms with Gasteiger partial charge in [-0.1, -0.05) is 6.07 Å². The third-order valence-electron chi connectivity index (χ3n) is 2.88. The Morgan fingerprint density at radius 1 is 1.20 bits per heavy atom. The largest absolute Gasteiger partial charge is 0.454 e. The molecule has 0 spiro atoms. The number of ether oxygens (including phenoxy) is 1. The van der Waals surface area contributed by atoms with Gasteiger partial charge in [-0.05, 0) is 40.2 Å². The van der Waals surface area contributed by atoms with Crippen molar-refractivity contribution in [1.82, 2.24) is 0 Å². The number of halogens is 1. The fourth-order valence-corrected chi connectivity index (χ4v) is 2.50. The highest BCUT2D eigenvalue weighted by atomic mass is 79.9. The number of hydrogen-bond donors (Lipinski definition) is 0. The van der Waals surface area contributed by atoms with E-state index < -0.39 is 5.97 Å². The van der Waals surface area contributed by atoms with Gasteiger partial charge in [0.05, 0.1) is 15.2 Å². The van der Waals surface area contributed by atoms with E-state index in [0.29, 0.717) is 32.2 Å². The molecule has 0 unspecified atom stereocenters. The minimum Gasteiger partial charge on any atom is -0.454 e. The van der Waals surface area contributed by atoms with E-state index >= 15 is 0 Å². The van der Waals surface area contributed by atoms with E-state index in [1.165, 1.54) is 13.0 Å². The highest BCUT2D eigenvalue weighted by Gasteiger charge is 2.11. The molecule has 4 nitrogen and oxygen atoms in total. The SMILES string of the molecule is CC(=O)Oc1ccc2c(=O)c3cccc(Br)c3oc2c1. The predicted octanol–water partition coefficient (Wildman–Crippen LogP) is 3.63. The number of hydrogen-bond acceptors (Lipinski definition) is 4. The molecule has 0 fully saturated rings. The van der Waals surface area contributed by atoms with E-state index in [9.17, 15) is 9.59 Å². The molecule has 1 aromatic heterocycles. The van der Waals surface area contributed by atoms with E-state index in [-0.39, 0.29) is 5.43 Å². The summed E-state index contributed by atoms with van der Waals surface area (Å²) >= 11 is 3.36. The zero-order chi connectivity index (χ0) is 14.3. The Morgan fingerprint density at radius 3 is 2.75 bits per heavy atom. The molecule has 0 radical (unpaired) electrons. The first-order valence-corrected chi connectivity index (χ1v) is 6.69. The average Bonchev–Trinajstić information content (AvgIpc) is 2.39. The third kappa shape index (κ3) is 2.10. The number of para-hydroxylation sites is 1. The van der Waals surface area contributed by atoms with Gasteiger partial charge < -0.3 is 9.15 Å². The highest BCUT2D eigenvalue weighted by molar-refractivity contribution is 9.10. The van der Waals surface area contributed by atoms with E-state index in [1.54, 1.807) is 30.3 Å². The Bertz CT molecular complexity index is 895. The van der Waals surface area contributed by atoms with Gasteiger partial charge in [-0.15, -0.1) is 0 Å². The van der Waals surface area contributed by atoms with Crippen LogP contribution in [0.25, 0.3) is 21.9 Å². The lowest BCUT2D eigenvalue weighted by Crippen LogP contribution is -2.04. The Morgan fingerprint density at radius 2 is 2.00 bits per heavy atom. The van der Waals surface area contributed by atoms with Gasteiger partial charge in [0.15, 0.2) is 5.58 Å². The van der Waals surface area contributed by atoms with Crippen LogP contribution in [0.3, 0.4) is 0 Å². The summed E-state index contributed by atoms with van der Waals surface area (Å²) in [5.41, 5.74) is 0.745. The van der Waals surface area contributed by atoms with Crippen molar-refractivity contribution < 1.29 is 13.9 Å². The maximum Gasteiger partial charge on any atom is 0.308 e. The molecule has 0 atom stereocenters. The lowest BCUT2D eigenvalue weighted by atomic mass is 10.1. The number of fused-ring (bicyclic) bond motifs is 2. The molecule has 0 bridgehead atoms. The van der Waals surface area contributed by atoms with Gasteiger partial charge in [0.25, 0.3) is 0 Å². The summed E-state index contributed by atoms with van der Waals surface area (Å²) in [4.78, 5) is 23.3. The summed E-state index contributed by atoms with van der Waals surface area (Å²) in [7, 11) is 0. The molecule has 0 aliphatic carbocycles. The van der Waals surface area contributed by atoms with Crippen LogP contribution < -0.4 is 10.2 Å². The minimum absolute atomic E-state index is 0.114. The smallest absolute Gasteiger partial charge is 0.308 e. The van der Waals surface area contributed by atoms with Crippen molar-refractivity contribution in [2.75, 3.05) is 0 Å². The van der Waals surface area contributed by atoms with Gasteiger partial charge in [0, 0.05) is 13.0 Å². The van der Waals surface area contributed by atoms with Crippen LogP contribution in [-0.2, 0) is 4.79 Å². The van der Waals surface area contributed by atoms with Crippen LogP contribution >= 0.6 is 15.9 Å². The van der Waals surface area contributed by atoms with E-state index in [4.69, 9.17) is 9.15 Å². The van der Waals surface area contributed by atoms with Crippen molar-refractivity contribution in [3.63, 3.8) is 0 Å². The average molecular weight is 333 g/mol. The maximum atomic E-state index is 12.4. The summed E-state index contributed by atoms with van der Waals surface area (Å²) in [6, 6.07) is 10.0. The van der Waals surface area contributed by atoms with E-state index in [1.807, 2.05) is 0 Å². The summed E-state index contributed by atoms with van der Waals surface area (Å²) in [6.45, 7) is 1.32. The van der Waals surface area contributed by atoms with Gasteiger partial charge in [-0.2, -0.15) is 0 Å². The predicted molar refractivity (Wildman–Crippen MR) is 79.0 cm³/mol. The van der Waals surface area contributed by atoms with Crippen molar-refractivity contribution in [3.05, 3.63) is 51.1 Å². The second kappa shape index (κ2) is 4.76. The molecule has 20 heavy (non-hydrogen) atoms. The van der Waals surface area contributed by atoms with Crippen molar-refractivity contribution >= 4 is 43.8 Å². The van der Waals surface area contributed by atoms with Gasteiger partial charge in [0.2, 0.25) is 5.43 Å². The lowest BCUT2D eigenvalue weighted by Gasteiger charge is -2.05. The van der Waals surface area contributed by atoms with Crippen molar-refractivity contribution in [2.24, 2.45) is 0 Å². The molecule has 0 amide bonds. The molecule has 1 heterocycles. The molecular weight excluding hydrogens is 324 g/mol. The van der Waals surface area contributed by atoms with Gasteiger partial charge in [-0.25, -0.2) is 0 Å². The minimum atomic E-state index is -0.423. The summed E-state index contributed by atoms with van der Waals surface area (Å²) in [6.07, 6.45) is 0. The third-order valence-corrected chi connectivity index (χ3v) is 3.51. The number of carbonyl (C=O) groups excluding carboxylic acids is 1. The van der Waals surface area contributed by atoms with Gasteiger partial charge in [-0.3, -0.25) is 9.59 Å². The summed E-state index contributed by atoms with van der Waals surface area (Å²) in [5, 5.41) is 0.957. The number of carbonyl (C=O) groups is 1. The van der Waals surface area contributed by atoms with Crippen LogP contribution in [0, 0.1) is 0 Å². The Hall–Kier alpha value is -2.14. The standard InChI is InChI=1S/C15H9BrO4/c1-8(17)19-9-5-6-10-13(7-9)20-15-11(14(10)18)3-2-4-12(15)16/h2-7H,1H3. The zero-order valence-corrected chi connectivity index (χ0v) is 12.1. The van der Waals surface area contributed by atoms with Crippen LogP contribution in [0.1, 0.15) is 6.92 Å². The van der Waals surface area contributed by atoms with Crippen molar-refractivity contribution in [1.29, 1.82) is 0 Å². The second-order valence-electron chi connectivity index (χ2n) is 4.30. The number of rotatable bonds is 1. The van der Waals surface area contributed by atoms with E-state index in [2.05, 4.69) is 15.9 Å². The topological polar surface area (TPSA) is 56.5 Å². The normalized spacial score (nSPS) is 10.9. The fraction of sp³-hybridized carbons (Fsp3) is 0.0667. The highest BCUT2D eigenvalue weighted by Crippen LogP contribution is 2.27. The lowest BCUT2D eigenvalue weighted by molar-refractivity contribution is -0.131. The monoisotopic (exact) mass is 332 g/mol. The Balaban J connectivity index is 2.36. The molecule has 2 aromatic carbocycles. The van der Waals surface area contributed by atoms with Crippen LogP contribution in [0.15, 0.2) is 50.1 Å². The summed E-state index contributed by atoms with van der Waals surface area (Å²) < 4.78 is 11.4. The van der Waals surface area contributed by atoms with Crippen molar-refractivity contribution in [2.45, 2.75) is 6.92 Å². The van der Waals surface area contributed by atoms with Crippen LogP contribution in [0.5, 0.6) is 5.75 Å². The van der Waals surface area contributed by atoms with Gasteiger partial charge in [0.1, 0.15) is 11.3 Å². The molecule has 0 N–H and O–H groups in total.